The Morgan fingerprint density at radius 2 is 1.53 bits per heavy atom. The second-order valence-electron chi connectivity index (χ2n) is 8.24. The predicted octanol–water partition coefficient (Wildman–Crippen LogP) is 2.22. The summed E-state index contributed by atoms with van der Waals surface area (Å²) in [5, 5.41) is 6.06. The quantitative estimate of drug-likeness (QED) is 0.401. The highest BCUT2D eigenvalue weighted by Gasteiger charge is 2.15. The molecule has 0 bridgehead atoms. The van der Waals surface area contributed by atoms with Crippen molar-refractivity contribution >= 4 is 22.7 Å². The highest BCUT2D eigenvalue weighted by atomic mass is 16.2. The first-order valence-corrected chi connectivity index (χ1v) is 11.8. The van der Waals surface area contributed by atoms with Crippen LogP contribution in [0.4, 0.5) is 0 Å². The Labute approximate surface area is 198 Å². The monoisotopic (exact) mass is 464 g/mol. The molecule has 8 nitrogen and oxygen atoms in total. The van der Waals surface area contributed by atoms with Crippen molar-refractivity contribution in [1.29, 1.82) is 0 Å². The minimum absolute atomic E-state index is 0.0303. The first-order valence-electron chi connectivity index (χ1n) is 11.8. The molecule has 0 atom stereocenters. The van der Waals surface area contributed by atoms with Gasteiger partial charge < -0.3 is 10.6 Å². The third kappa shape index (κ3) is 6.66. The lowest BCUT2D eigenvalue weighted by molar-refractivity contribution is -0.122. The molecule has 3 aromatic rings. The molecule has 1 heterocycles. The highest BCUT2D eigenvalue weighted by molar-refractivity contribution is 5.81. The van der Waals surface area contributed by atoms with E-state index in [1.165, 1.54) is 9.13 Å². The number of nitrogens with zero attached hydrogens (tertiary/aromatic N) is 2. The Bertz CT molecular complexity index is 1230. The second-order valence-corrected chi connectivity index (χ2v) is 8.24. The average molecular weight is 465 g/mol. The zero-order valence-corrected chi connectivity index (χ0v) is 19.6. The van der Waals surface area contributed by atoms with E-state index in [0.717, 1.165) is 12.0 Å². The molecule has 0 aliphatic carbocycles. The number of carbonyl (C=O) groups excluding carboxylic acids is 2. The summed E-state index contributed by atoms with van der Waals surface area (Å²) in [6.45, 7) is 3.10. The van der Waals surface area contributed by atoms with Crippen molar-refractivity contribution in [2.45, 2.75) is 52.1 Å². The van der Waals surface area contributed by atoms with Crippen LogP contribution in [0.25, 0.3) is 10.9 Å². The highest BCUT2D eigenvalue weighted by Crippen LogP contribution is 2.08. The molecule has 180 valence electrons. The fraction of sp³-hybridized carbons (Fsp3) is 0.385. The lowest BCUT2D eigenvalue weighted by atomic mass is 10.1. The fourth-order valence-electron chi connectivity index (χ4n) is 3.82. The number of hydrogen-bond acceptors (Lipinski definition) is 4. The third-order valence-corrected chi connectivity index (χ3v) is 5.62. The van der Waals surface area contributed by atoms with E-state index < -0.39 is 5.69 Å². The first kappa shape index (κ1) is 25.0. The van der Waals surface area contributed by atoms with Crippen molar-refractivity contribution in [1.82, 2.24) is 19.8 Å². The lowest BCUT2D eigenvalue weighted by Crippen LogP contribution is -2.43. The van der Waals surface area contributed by atoms with Gasteiger partial charge in [-0.15, -0.1) is 0 Å². The van der Waals surface area contributed by atoms with Gasteiger partial charge in [0.25, 0.3) is 5.56 Å². The van der Waals surface area contributed by atoms with Crippen molar-refractivity contribution in [2.24, 2.45) is 0 Å². The number of unbranched alkanes of at least 4 members (excludes halogenated alkanes) is 1. The van der Waals surface area contributed by atoms with Crippen LogP contribution in [0.1, 0.15) is 38.2 Å². The molecule has 0 saturated carbocycles. The third-order valence-electron chi connectivity index (χ3n) is 5.62. The molecule has 2 amide bonds. The summed E-state index contributed by atoms with van der Waals surface area (Å²) >= 11 is 0. The molecule has 0 aliphatic rings. The predicted molar refractivity (Wildman–Crippen MR) is 133 cm³/mol. The Morgan fingerprint density at radius 3 is 2.29 bits per heavy atom. The molecule has 8 heteroatoms. The number of amides is 2. The summed E-state index contributed by atoms with van der Waals surface area (Å²) in [7, 11) is 0. The number of benzene rings is 2. The van der Waals surface area contributed by atoms with Crippen molar-refractivity contribution in [3.05, 3.63) is 81.0 Å². The summed E-state index contributed by atoms with van der Waals surface area (Å²) in [4.78, 5) is 50.5. The van der Waals surface area contributed by atoms with E-state index in [2.05, 4.69) is 10.6 Å². The van der Waals surface area contributed by atoms with Gasteiger partial charge in [-0.25, -0.2) is 4.79 Å². The van der Waals surface area contributed by atoms with Crippen LogP contribution < -0.4 is 21.9 Å². The second kappa shape index (κ2) is 12.5. The smallest absolute Gasteiger partial charge is 0.331 e. The summed E-state index contributed by atoms with van der Waals surface area (Å²) in [6.07, 6.45) is 2.98. The molecule has 0 saturated heterocycles. The molecule has 2 N–H and O–H groups in total. The lowest BCUT2D eigenvalue weighted by Gasteiger charge is -2.14. The number of nitrogens with one attached hydrogen (secondary N) is 2. The van der Waals surface area contributed by atoms with Crippen molar-refractivity contribution in [3.63, 3.8) is 0 Å². The van der Waals surface area contributed by atoms with Gasteiger partial charge in [0, 0.05) is 26.1 Å². The fourth-order valence-corrected chi connectivity index (χ4v) is 3.82. The number of aromatic nitrogens is 2. The molecule has 2 aromatic carbocycles. The van der Waals surface area contributed by atoms with Gasteiger partial charge in [-0.05, 0) is 43.4 Å². The normalized spacial score (nSPS) is 10.9. The van der Waals surface area contributed by atoms with Gasteiger partial charge in [-0.1, -0.05) is 49.4 Å². The summed E-state index contributed by atoms with van der Waals surface area (Å²) in [6, 6.07) is 16.6. The maximum absolute atomic E-state index is 13.2. The number of fused-ring (bicyclic) bond motifs is 1. The number of para-hydroxylation sites is 1. The standard InChI is InChI=1S/C26H32N4O4/c1-2-16-27-23(31)14-8-9-18-29-25(33)21-12-6-7-13-22(21)30(26(29)34)19-24(32)28-17-15-20-10-4-3-5-11-20/h3-7,10-13H,2,8-9,14-19H2,1H3,(H,27,31)(H,28,32). The number of rotatable bonds is 12. The van der Waals surface area contributed by atoms with Gasteiger partial charge in [-0.2, -0.15) is 0 Å². The van der Waals surface area contributed by atoms with Crippen LogP contribution >= 0.6 is 0 Å². The summed E-state index contributed by atoms with van der Waals surface area (Å²) < 4.78 is 2.52. The molecule has 0 radical (unpaired) electrons. The van der Waals surface area contributed by atoms with Gasteiger partial charge in [0.15, 0.2) is 0 Å². The summed E-state index contributed by atoms with van der Waals surface area (Å²) in [5.41, 5.74) is 0.655. The first-order chi connectivity index (χ1) is 16.5. The molecular weight excluding hydrogens is 432 g/mol. The number of hydrogen-bond donors (Lipinski definition) is 2. The van der Waals surface area contributed by atoms with Crippen molar-refractivity contribution in [3.8, 4) is 0 Å². The van der Waals surface area contributed by atoms with E-state index in [1.54, 1.807) is 24.3 Å². The van der Waals surface area contributed by atoms with Gasteiger partial charge in [0.1, 0.15) is 6.54 Å². The van der Waals surface area contributed by atoms with Crippen LogP contribution in [-0.4, -0.2) is 34.0 Å². The van der Waals surface area contributed by atoms with E-state index in [4.69, 9.17) is 0 Å². The molecule has 0 spiro atoms. The molecule has 3 rings (SSSR count). The average Bonchev–Trinajstić information content (AvgIpc) is 2.85. The van der Waals surface area contributed by atoms with Crippen LogP contribution in [0.2, 0.25) is 0 Å². The Hall–Kier alpha value is -3.68. The van der Waals surface area contributed by atoms with Gasteiger partial charge in [0.05, 0.1) is 10.9 Å². The topological polar surface area (TPSA) is 102 Å². The maximum Gasteiger partial charge on any atom is 0.331 e. The zero-order valence-electron chi connectivity index (χ0n) is 19.6. The van der Waals surface area contributed by atoms with Crippen LogP contribution in [0.15, 0.2) is 64.2 Å². The molecule has 0 unspecified atom stereocenters. The molecule has 34 heavy (non-hydrogen) atoms. The van der Waals surface area contributed by atoms with Crippen LogP contribution in [0.3, 0.4) is 0 Å². The van der Waals surface area contributed by atoms with E-state index in [1.807, 2.05) is 37.3 Å². The van der Waals surface area contributed by atoms with Gasteiger partial charge >= 0.3 is 5.69 Å². The zero-order chi connectivity index (χ0) is 24.3. The van der Waals surface area contributed by atoms with Crippen LogP contribution in [-0.2, 0) is 29.1 Å². The Morgan fingerprint density at radius 1 is 0.824 bits per heavy atom. The van der Waals surface area contributed by atoms with Gasteiger partial charge in [0.2, 0.25) is 11.8 Å². The van der Waals surface area contributed by atoms with Crippen molar-refractivity contribution in [2.75, 3.05) is 13.1 Å². The number of carbonyl (C=O) groups is 2. The van der Waals surface area contributed by atoms with E-state index in [0.29, 0.717) is 49.7 Å². The molecule has 0 fully saturated rings. The largest absolute Gasteiger partial charge is 0.356 e. The Balaban J connectivity index is 1.70. The summed E-state index contributed by atoms with van der Waals surface area (Å²) in [5.74, 6) is -0.321. The Kier molecular flexibility index (Phi) is 9.20. The van der Waals surface area contributed by atoms with E-state index in [-0.39, 0.29) is 30.5 Å². The molecule has 1 aromatic heterocycles. The minimum atomic E-state index is -0.516. The van der Waals surface area contributed by atoms with Crippen LogP contribution in [0.5, 0.6) is 0 Å². The van der Waals surface area contributed by atoms with E-state index >= 15 is 0 Å². The maximum atomic E-state index is 13.2. The molecular formula is C26H32N4O4. The van der Waals surface area contributed by atoms with Gasteiger partial charge in [-0.3, -0.25) is 23.5 Å². The molecule has 0 aliphatic heterocycles. The van der Waals surface area contributed by atoms with E-state index in [9.17, 15) is 19.2 Å². The van der Waals surface area contributed by atoms with Crippen molar-refractivity contribution < 1.29 is 9.59 Å². The van der Waals surface area contributed by atoms with Crippen LogP contribution in [0, 0.1) is 0 Å². The SMILES string of the molecule is CCCNC(=O)CCCCn1c(=O)c2ccccc2n(CC(=O)NCCc2ccccc2)c1=O. The minimum Gasteiger partial charge on any atom is -0.356 e.